The molecule has 0 radical (unpaired) electrons. The highest BCUT2D eigenvalue weighted by molar-refractivity contribution is 7.89. The topological polar surface area (TPSA) is 74.8 Å². The first-order valence-corrected chi connectivity index (χ1v) is 6.77. The third kappa shape index (κ3) is 2.87. The van der Waals surface area contributed by atoms with Gasteiger partial charge in [-0.3, -0.25) is 5.10 Å². The van der Waals surface area contributed by atoms with Gasteiger partial charge in [-0.15, -0.1) is 0 Å². The Kier molecular flexibility index (Phi) is 3.65. The van der Waals surface area contributed by atoms with Crippen LogP contribution >= 0.6 is 11.6 Å². The van der Waals surface area contributed by atoms with Gasteiger partial charge in [-0.1, -0.05) is 11.6 Å². The van der Waals surface area contributed by atoms with Gasteiger partial charge in [0.1, 0.15) is 10.7 Å². The Bertz CT molecular complexity index is 643. The van der Waals surface area contributed by atoms with Crippen molar-refractivity contribution in [2.24, 2.45) is 0 Å². The number of H-pyrrole nitrogens is 1. The van der Waals surface area contributed by atoms with Gasteiger partial charge in [-0.2, -0.15) is 5.10 Å². The SMILES string of the molecule is O=S(=O)(NCc1cn[nH]c1)c1ccc(F)cc1Cl. The molecule has 5 nitrogen and oxygen atoms in total. The lowest BCUT2D eigenvalue weighted by molar-refractivity contribution is 0.580. The lowest BCUT2D eigenvalue weighted by Gasteiger charge is -2.07. The Morgan fingerprint density at radius 1 is 1.44 bits per heavy atom. The van der Waals surface area contributed by atoms with Gasteiger partial charge in [0.2, 0.25) is 10.0 Å². The van der Waals surface area contributed by atoms with Crippen molar-refractivity contribution < 1.29 is 12.8 Å². The summed E-state index contributed by atoms with van der Waals surface area (Å²) >= 11 is 5.70. The summed E-state index contributed by atoms with van der Waals surface area (Å²) < 4.78 is 39.0. The molecule has 0 spiro atoms. The van der Waals surface area contributed by atoms with Crippen molar-refractivity contribution in [3.05, 3.63) is 47.0 Å². The summed E-state index contributed by atoms with van der Waals surface area (Å²) in [7, 11) is -3.77. The van der Waals surface area contributed by atoms with Gasteiger partial charge >= 0.3 is 0 Å². The van der Waals surface area contributed by atoms with Crippen molar-refractivity contribution in [3.8, 4) is 0 Å². The molecule has 0 amide bonds. The first-order valence-electron chi connectivity index (χ1n) is 4.91. The zero-order chi connectivity index (χ0) is 13.2. The van der Waals surface area contributed by atoms with Crippen LogP contribution in [0, 0.1) is 5.82 Å². The number of hydrogen-bond acceptors (Lipinski definition) is 3. The predicted molar refractivity (Wildman–Crippen MR) is 64.0 cm³/mol. The highest BCUT2D eigenvalue weighted by Crippen LogP contribution is 2.22. The number of benzene rings is 1. The van der Waals surface area contributed by atoms with E-state index in [0.717, 1.165) is 18.2 Å². The fourth-order valence-electron chi connectivity index (χ4n) is 1.32. The van der Waals surface area contributed by atoms with Crippen LogP contribution in [0.3, 0.4) is 0 Å². The molecule has 18 heavy (non-hydrogen) atoms. The summed E-state index contributed by atoms with van der Waals surface area (Å²) in [5, 5.41) is 6.10. The fraction of sp³-hybridized carbons (Fsp3) is 0.100. The first kappa shape index (κ1) is 13.0. The number of rotatable bonds is 4. The maximum atomic E-state index is 12.8. The molecule has 8 heteroatoms. The van der Waals surface area contributed by atoms with Crippen molar-refractivity contribution >= 4 is 21.6 Å². The largest absolute Gasteiger partial charge is 0.285 e. The summed E-state index contributed by atoms with van der Waals surface area (Å²) in [5.41, 5.74) is 0.678. The zero-order valence-corrected chi connectivity index (χ0v) is 10.6. The van der Waals surface area contributed by atoms with Crippen molar-refractivity contribution in [1.29, 1.82) is 0 Å². The molecule has 2 aromatic rings. The molecule has 1 aromatic heterocycles. The molecule has 96 valence electrons. The molecule has 0 bridgehead atoms. The van der Waals surface area contributed by atoms with Crippen molar-refractivity contribution in [1.82, 2.24) is 14.9 Å². The number of sulfonamides is 1. The molecule has 0 aliphatic heterocycles. The lowest BCUT2D eigenvalue weighted by Crippen LogP contribution is -2.23. The van der Waals surface area contributed by atoms with Gasteiger partial charge in [0.05, 0.1) is 11.2 Å². The molecular formula is C10H9ClFN3O2S. The quantitative estimate of drug-likeness (QED) is 0.899. The van der Waals surface area contributed by atoms with E-state index in [1.165, 1.54) is 6.20 Å². The van der Waals surface area contributed by atoms with Crippen molar-refractivity contribution in [2.45, 2.75) is 11.4 Å². The Hall–Kier alpha value is -1.44. The van der Waals surface area contributed by atoms with Gasteiger partial charge < -0.3 is 0 Å². The average Bonchev–Trinajstić information content (AvgIpc) is 2.78. The Morgan fingerprint density at radius 2 is 2.22 bits per heavy atom. The van der Waals surface area contributed by atoms with E-state index in [1.807, 2.05) is 0 Å². The molecule has 0 unspecified atom stereocenters. The predicted octanol–water partition coefficient (Wildman–Crippen LogP) is 1.68. The number of aromatic nitrogens is 2. The van der Waals surface area contributed by atoms with Crippen LogP contribution in [0.25, 0.3) is 0 Å². The van der Waals surface area contributed by atoms with Crippen LogP contribution in [0.5, 0.6) is 0 Å². The number of halogens is 2. The smallest absolute Gasteiger partial charge is 0.242 e. The molecular weight excluding hydrogens is 281 g/mol. The second-order valence-electron chi connectivity index (χ2n) is 3.51. The third-order valence-corrected chi connectivity index (χ3v) is 4.09. The van der Waals surface area contributed by atoms with Gasteiger partial charge in [0, 0.05) is 18.3 Å². The lowest BCUT2D eigenvalue weighted by atomic mass is 10.3. The van der Waals surface area contributed by atoms with E-state index in [0.29, 0.717) is 5.56 Å². The third-order valence-electron chi connectivity index (χ3n) is 2.20. The van der Waals surface area contributed by atoms with E-state index >= 15 is 0 Å². The molecule has 0 fully saturated rings. The highest BCUT2D eigenvalue weighted by atomic mass is 35.5. The normalized spacial score (nSPS) is 11.7. The van der Waals surface area contributed by atoms with Crippen LogP contribution in [0.4, 0.5) is 4.39 Å². The molecule has 1 heterocycles. The van der Waals surface area contributed by atoms with E-state index in [-0.39, 0.29) is 16.5 Å². The van der Waals surface area contributed by atoms with Gasteiger partial charge in [0.25, 0.3) is 0 Å². The van der Waals surface area contributed by atoms with E-state index in [1.54, 1.807) is 6.20 Å². The number of nitrogens with one attached hydrogen (secondary N) is 2. The second kappa shape index (κ2) is 5.05. The van der Waals surface area contributed by atoms with Crippen molar-refractivity contribution in [3.63, 3.8) is 0 Å². The van der Waals surface area contributed by atoms with Crippen molar-refractivity contribution in [2.75, 3.05) is 0 Å². The summed E-state index contributed by atoms with van der Waals surface area (Å²) in [6.45, 7) is 0.0759. The van der Waals surface area contributed by atoms with Crippen LogP contribution in [0.1, 0.15) is 5.56 Å². The minimum Gasteiger partial charge on any atom is -0.285 e. The van der Waals surface area contributed by atoms with Crippen LogP contribution in [0.2, 0.25) is 5.02 Å². The average molecular weight is 290 g/mol. The molecule has 0 atom stereocenters. The molecule has 0 aliphatic rings. The Labute approximate surface area is 108 Å². The molecule has 0 saturated carbocycles. The first-order chi connectivity index (χ1) is 8.49. The minimum absolute atomic E-state index is 0.0759. The number of nitrogens with zero attached hydrogens (tertiary/aromatic N) is 1. The van der Waals surface area contributed by atoms with E-state index in [9.17, 15) is 12.8 Å². The van der Waals surface area contributed by atoms with Crippen LogP contribution < -0.4 is 4.72 Å². The van der Waals surface area contributed by atoms with Gasteiger partial charge in [0.15, 0.2) is 0 Å². The zero-order valence-electron chi connectivity index (χ0n) is 9.02. The summed E-state index contributed by atoms with van der Waals surface area (Å²) in [6.07, 6.45) is 3.06. The number of hydrogen-bond donors (Lipinski definition) is 2. The molecule has 0 aliphatic carbocycles. The van der Waals surface area contributed by atoms with Crippen LogP contribution in [-0.4, -0.2) is 18.6 Å². The highest BCUT2D eigenvalue weighted by Gasteiger charge is 2.18. The molecule has 2 N–H and O–H groups in total. The van der Waals surface area contributed by atoms with Gasteiger partial charge in [-0.25, -0.2) is 17.5 Å². The van der Waals surface area contributed by atoms with E-state index in [4.69, 9.17) is 11.6 Å². The standard InChI is InChI=1S/C10H9ClFN3O2S/c11-9-3-8(12)1-2-10(9)18(16,17)15-6-7-4-13-14-5-7/h1-5,15H,6H2,(H,13,14). The van der Waals surface area contributed by atoms with E-state index < -0.39 is 15.8 Å². The second-order valence-corrected chi connectivity index (χ2v) is 5.65. The summed E-state index contributed by atoms with van der Waals surface area (Å²) in [6, 6.07) is 3.11. The fourth-order valence-corrected chi connectivity index (χ4v) is 2.87. The minimum atomic E-state index is -3.77. The monoisotopic (exact) mass is 289 g/mol. The van der Waals surface area contributed by atoms with Crippen LogP contribution in [-0.2, 0) is 16.6 Å². The Morgan fingerprint density at radius 3 is 2.83 bits per heavy atom. The Balaban J connectivity index is 2.20. The molecule has 2 rings (SSSR count). The van der Waals surface area contributed by atoms with Gasteiger partial charge in [-0.05, 0) is 18.2 Å². The van der Waals surface area contributed by atoms with Crippen LogP contribution in [0.15, 0.2) is 35.5 Å². The maximum Gasteiger partial charge on any atom is 0.242 e. The molecule has 0 saturated heterocycles. The maximum absolute atomic E-state index is 12.8. The number of aromatic amines is 1. The summed E-state index contributed by atoms with van der Waals surface area (Å²) in [5.74, 6) is -0.589. The summed E-state index contributed by atoms with van der Waals surface area (Å²) in [4.78, 5) is -0.158. The molecule has 1 aromatic carbocycles. The van der Waals surface area contributed by atoms with E-state index in [2.05, 4.69) is 14.9 Å².